The van der Waals surface area contributed by atoms with Gasteiger partial charge in [-0.05, 0) is 26.3 Å². The Balaban J connectivity index is 2.59. The van der Waals surface area contributed by atoms with E-state index in [1.807, 2.05) is 17.7 Å². The second-order valence-electron chi connectivity index (χ2n) is 3.15. The number of H-pyrrole nitrogens is 1. The SMILES string of the molecule is Cc1nn(-c2ccn[nH]2)c(C)c1C. The summed E-state index contributed by atoms with van der Waals surface area (Å²) in [7, 11) is 0. The van der Waals surface area contributed by atoms with Crippen molar-refractivity contribution in [3.05, 3.63) is 29.2 Å². The average molecular weight is 176 g/mol. The normalized spacial score (nSPS) is 10.7. The second kappa shape index (κ2) is 2.73. The first-order chi connectivity index (χ1) is 6.20. The zero-order valence-corrected chi connectivity index (χ0v) is 8.00. The van der Waals surface area contributed by atoms with Gasteiger partial charge in [-0.15, -0.1) is 0 Å². The molecular weight excluding hydrogens is 164 g/mol. The van der Waals surface area contributed by atoms with Gasteiger partial charge < -0.3 is 0 Å². The summed E-state index contributed by atoms with van der Waals surface area (Å²) in [5.74, 6) is 0.911. The summed E-state index contributed by atoms with van der Waals surface area (Å²) in [6.45, 7) is 6.13. The van der Waals surface area contributed by atoms with Gasteiger partial charge in [0.25, 0.3) is 0 Å². The maximum absolute atomic E-state index is 4.40. The number of nitrogens with one attached hydrogen (secondary N) is 1. The fourth-order valence-corrected chi connectivity index (χ4v) is 1.32. The lowest BCUT2D eigenvalue weighted by Gasteiger charge is -1.98. The minimum Gasteiger partial charge on any atom is -0.261 e. The Bertz CT molecular complexity index is 411. The Hall–Kier alpha value is -1.58. The molecule has 0 spiro atoms. The summed E-state index contributed by atoms with van der Waals surface area (Å²) in [5, 5.41) is 11.2. The summed E-state index contributed by atoms with van der Waals surface area (Å²) >= 11 is 0. The summed E-state index contributed by atoms with van der Waals surface area (Å²) in [5.41, 5.74) is 3.45. The number of nitrogens with zero attached hydrogens (tertiary/aromatic N) is 3. The van der Waals surface area contributed by atoms with E-state index in [4.69, 9.17) is 0 Å². The number of hydrogen-bond donors (Lipinski definition) is 1. The molecule has 0 fully saturated rings. The molecule has 2 rings (SSSR count). The van der Waals surface area contributed by atoms with Gasteiger partial charge in [-0.3, -0.25) is 5.10 Å². The number of hydrogen-bond acceptors (Lipinski definition) is 2. The minimum absolute atomic E-state index is 0.911. The Kier molecular flexibility index (Phi) is 1.69. The highest BCUT2D eigenvalue weighted by molar-refractivity contribution is 5.30. The van der Waals surface area contributed by atoms with E-state index in [0.29, 0.717) is 0 Å². The molecule has 0 amide bonds. The molecule has 0 saturated carbocycles. The molecule has 0 unspecified atom stereocenters. The van der Waals surface area contributed by atoms with Crippen molar-refractivity contribution >= 4 is 0 Å². The van der Waals surface area contributed by atoms with Gasteiger partial charge >= 0.3 is 0 Å². The highest BCUT2D eigenvalue weighted by Crippen LogP contribution is 2.14. The first kappa shape index (κ1) is 8.04. The zero-order chi connectivity index (χ0) is 9.42. The second-order valence-corrected chi connectivity index (χ2v) is 3.15. The third kappa shape index (κ3) is 1.14. The third-order valence-corrected chi connectivity index (χ3v) is 2.37. The van der Waals surface area contributed by atoms with E-state index in [1.165, 1.54) is 5.56 Å². The molecule has 0 aromatic carbocycles. The molecule has 2 heterocycles. The third-order valence-electron chi connectivity index (χ3n) is 2.37. The van der Waals surface area contributed by atoms with E-state index in [2.05, 4.69) is 29.1 Å². The summed E-state index contributed by atoms with van der Waals surface area (Å²) in [4.78, 5) is 0. The van der Waals surface area contributed by atoms with Crippen LogP contribution in [0.3, 0.4) is 0 Å². The van der Waals surface area contributed by atoms with Crippen molar-refractivity contribution in [2.45, 2.75) is 20.8 Å². The number of aryl methyl sites for hydroxylation is 1. The van der Waals surface area contributed by atoms with Crippen LogP contribution in [0.1, 0.15) is 17.0 Å². The minimum atomic E-state index is 0.911. The fraction of sp³-hybridized carbons (Fsp3) is 0.333. The molecule has 0 bridgehead atoms. The smallest absolute Gasteiger partial charge is 0.149 e. The van der Waals surface area contributed by atoms with Crippen LogP contribution in [-0.4, -0.2) is 20.0 Å². The predicted molar refractivity (Wildman–Crippen MR) is 49.9 cm³/mol. The highest BCUT2D eigenvalue weighted by Gasteiger charge is 2.08. The van der Waals surface area contributed by atoms with Crippen molar-refractivity contribution in [2.24, 2.45) is 0 Å². The predicted octanol–water partition coefficient (Wildman–Crippen LogP) is 1.52. The first-order valence-electron chi connectivity index (χ1n) is 4.22. The standard InChI is InChI=1S/C9H12N4/c1-6-7(2)12-13(8(6)3)9-4-5-10-11-9/h4-5H,1-3H3,(H,10,11). The molecule has 0 radical (unpaired) electrons. The molecule has 4 heteroatoms. The Morgan fingerprint density at radius 2 is 2.08 bits per heavy atom. The van der Waals surface area contributed by atoms with E-state index < -0.39 is 0 Å². The van der Waals surface area contributed by atoms with Gasteiger partial charge in [-0.25, -0.2) is 4.68 Å². The van der Waals surface area contributed by atoms with Crippen molar-refractivity contribution in [1.82, 2.24) is 20.0 Å². The lowest BCUT2D eigenvalue weighted by molar-refractivity contribution is 0.798. The van der Waals surface area contributed by atoms with Gasteiger partial charge in [-0.1, -0.05) is 0 Å². The Morgan fingerprint density at radius 1 is 1.31 bits per heavy atom. The topological polar surface area (TPSA) is 46.5 Å². The molecule has 2 aromatic rings. The van der Waals surface area contributed by atoms with Gasteiger partial charge in [0.15, 0.2) is 0 Å². The van der Waals surface area contributed by atoms with E-state index in [0.717, 1.165) is 17.2 Å². The quantitative estimate of drug-likeness (QED) is 0.716. The van der Waals surface area contributed by atoms with Crippen LogP contribution in [0.4, 0.5) is 0 Å². The van der Waals surface area contributed by atoms with Crippen LogP contribution in [0, 0.1) is 20.8 Å². The van der Waals surface area contributed by atoms with E-state index in [1.54, 1.807) is 6.20 Å². The number of rotatable bonds is 1. The average Bonchev–Trinajstić information content (AvgIpc) is 2.70. The van der Waals surface area contributed by atoms with Crippen LogP contribution >= 0.6 is 0 Å². The van der Waals surface area contributed by atoms with Gasteiger partial charge in [-0.2, -0.15) is 10.2 Å². The summed E-state index contributed by atoms with van der Waals surface area (Å²) < 4.78 is 1.87. The Morgan fingerprint density at radius 3 is 2.54 bits per heavy atom. The van der Waals surface area contributed by atoms with Crippen molar-refractivity contribution < 1.29 is 0 Å². The van der Waals surface area contributed by atoms with Gasteiger partial charge in [0.05, 0.1) is 11.9 Å². The van der Waals surface area contributed by atoms with Crippen LogP contribution in [0.15, 0.2) is 12.3 Å². The first-order valence-corrected chi connectivity index (χ1v) is 4.22. The molecule has 0 aliphatic rings. The van der Waals surface area contributed by atoms with Crippen LogP contribution in [0.5, 0.6) is 0 Å². The van der Waals surface area contributed by atoms with Crippen LogP contribution in [0.2, 0.25) is 0 Å². The van der Waals surface area contributed by atoms with Crippen LogP contribution in [0.25, 0.3) is 5.82 Å². The van der Waals surface area contributed by atoms with Gasteiger partial charge in [0, 0.05) is 11.8 Å². The summed E-state index contributed by atoms with van der Waals surface area (Å²) in [6.07, 6.45) is 1.72. The molecule has 0 aliphatic carbocycles. The number of aromatic amines is 1. The van der Waals surface area contributed by atoms with Crippen molar-refractivity contribution in [3.63, 3.8) is 0 Å². The van der Waals surface area contributed by atoms with Crippen molar-refractivity contribution in [2.75, 3.05) is 0 Å². The molecule has 13 heavy (non-hydrogen) atoms. The molecule has 0 saturated heterocycles. The van der Waals surface area contributed by atoms with Crippen molar-refractivity contribution in [3.8, 4) is 5.82 Å². The van der Waals surface area contributed by atoms with E-state index in [-0.39, 0.29) is 0 Å². The highest BCUT2D eigenvalue weighted by atomic mass is 15.4. The van der Waals surface area contributed by atoms with Crippen LogP contribution in [-0.2, 0) is 0 Å². The molecule has 4 nitrogen and oxygen atoms in total. The molecule has 68 valence electrons. The van der Waals surface area contributed by atoms with Gasteiger partial charge in [0.1, 0.15) is 5.82 Å². The fourth-order valence-electron chi connectivity index (χ4n) is 1.32. The van der Waals surface area contributed by atoms with Crippen LogP contribution < -0.4 is 0 Å². The zero-order valence-electron chi connectivity index (χ0n) is 8.00. The largest absolute Gasteiger partial charge is 0.261 e. The Labute approximate surface area is 76.6 Å². The van der Waals surface area contributed by atoms with Crippen molar-refractivity contribution in [1.29, 1.82) is 0 Å². The van der Waals surface area contributed by atoms with E-state index >= 15 is 0 Å². The molecule has 2 aromatic heterocycles. The maximum atomic E-state index is 4.40. The van der Waals surface area contributed by atoms with Gasteiger partial charge in [0.2, 0.25) is 0 Å². The summed E-state index contributed by atoms with van der Waals surface area (Å²) in [6, 6.07) is 1.90. The van der Waals surface area contributed by atoms with E-state index in [9.17, 15) is 0 Å². The lowest BCUT2D eigenvalue weighted by atomic mass is 10.2. The molecule has 0 aliphatic heterocycles. The lowest BCUT2D eigenvalue weighted by Crippen LogP contribution is -1.99. The monoisotopic (exact) mass is 176 g/mol. The molecular formula is C9H12N4. The maximum Gasteiger partial charge on any atom is 0.149 e. The molecule has 0 atom stereocenters. The molecule has 1 N–H and O–H groups in total. The number of aromatic nitrogens is 4.